The molecule has 0 radical (unpaired) electrons. The number of nitrogens with one attached hydrogen (secondary N) is 2. The molecule has 2 amide bonds. The van der Waals surface area contributed by atoms with E-state index >= 15 is 0 Å². The second-order valence-electron chi connectivity index (χ2n) is 7.22. The Morgan fingerprint density at radius 2 is 1.87 bits per heavy atom. The van der Waals surface area contributed by atoms with Crippen LogP contribution in [0.3, 0.4) is 0 Å². The van der Waals surface area contributed by atoms with Crippen LogP contribution in [0, 0.1) is 6.92 Å². The predicted octanol–water partition coefficient (Wildman–Crippen LogP) is 2.72. The number of esters is 1. The molecule has 1 aliphatic rings. The van der Waals surface area contributed by atoms with Crippen molar-refractivity contribution in [2.45, 2.75) is 30.7 Å². The number of carbonyl (C=O) groups is 3. The summed E-state index contributed by atoms with van der Waals surface area (Å²) in [5, 5.41) is 5.57. The van der Waals surface area contributed by atoms with Crippen LogP contribution in [0.4, 0.5) is 0 Å². The van der Waals surface area contributed by atoms with Gasteiger partial charge in [-0.2, -0.15) is 0 Å². The molecular formula is C23H26N2O5S. The highest BCUT2D eigenvalue weighted by molar-refractivity contribution is 8.00. The van der Waals surface area contributed by atoms with E-state index in [1.165, 1.54) is 11.8 Å². The first kappa shape index (κ1) is 22.7. The van der Waals surface area contributed by atoms with Gasteiger partial charge >= 0.3 is 5.97 Å². The highest BCUT2D eigenvalue weighted by Gasteiger charge is 2.23. The Morgan fingerprint density at radius 3 is 2.65 bits per heavy atom. The maximum absolute atomic E-state index is 12.4. The maximum atomic E-state index is 12.4. The third-order valence-electron chi connectivity index (χ3n) is 4.43. The van der Waals surface area contributed by atoms with Crippen molar-refractivity contribution in [3.63, 3.8) is 0 Å². The second-order valence-corrected chi connectivity index (χ2v) is 8.23. The zero-order chi connectivity index (χ0) is 22.1. The quantitative estimate of drug-likeness (QED) is 0.316. The van der Waals surface area contributed by atoms with Crippen molar-refractivity contribution >= 4 is 29.5 Å². The van der Waals surface area contributed by atoms with E-state index in [-0.39, 0.29) is 18.3 Å². The van der Waals surface area contributed by atoms with E-state index in [2.05, 4.69) is 10.6 Å². The number of hydrogen-bond acceptors (Lipinski definition) is 6. The maximum Gasteiger partial charge on any atom is 0.339 e. The van der Waals surface area contributed by atoms with Gasteiger partial charge in [-0.1, -0.05) is 24.3 Å². The molecule has 0 aliphatic heterocycles. The molecular weight excluding hydrogens is 416 g/mol. The van der Waals surface area contributed by atoms with Crippen LogP contribution in [0.15, 0.2) is 53.4 Å². The van der Waals surface area contributed by atoms with E-state index in [0.29, 0.717) is 29.7 Å². The molecule has 0 unspecified atom stereocenters. The fourth-order valence-corrected chi connectivity index (χ4v) is 3.58. The Labute approximate surface area is 185 Å². The molecule has 0 aromatic heterocycles. The largest absolute Gasteiger partial charge is 0.492 e. The summed E-state index contributed by atoms with van der Waals surface area (Å²) in [6.45, 7) is 2.20. The van der Waals surface area contributed by atoms with Crippen molar-refractivity contribution in [2.75, 3.05) is 25.5 Å². The van der Waals surface area contributed by atoms with Gasteiger partial charge in [0.15, 0.2) is 6.61 Å². The summed E-state index contributed by atoms with van der Waals surface area (Å²) in [7, 11) is 0. The molecule has 3 rings (SSSR count). The molecule has 2 aromatic carbocycles. The summed E-state index contributed by atoms with van der Waals surface area (Å²) in [6, 6.07) is 14.8. The normalized spacial score (nSPS) is 12.7. The van der Waals surface area contributed by atoms with Gasteiger partial charge in [-0.05, 0) is 49.6 Å². The van der Waals surface area contributed by atoms with Gasteiger partial charge in [-0.15, -0.1) is 11.8 Å². The zero-order valence-corrected chi connectivity index (χ0v) is 18.2. The molecule has 0 spiro atoms. The van der Waals surface area contributed by atoms with Crippen molar-refractivity contribution in [1.29, 1.82) is 0 Å². The average molecular weight is 443 g/mol. The number of hydrogen-bond donors (Lipinski definition) is 2. The van der Waals surface area contributed by atoms with Gasteiger partial charge < -0.3 is 20.1 Å². The number of ether oxygens (including phenoxy) is 2. The lowest BCUT2D eigenvalue weighted by atomic mass is 10.2. The minimum Gasteiger partial charge on any atom is -0.492 e. The van der Waals surface area contributed by atoms with E-state index < -0.39 is 11.9 Å². The Bertz CT molecular complexity index is 930. The third-order valence-corrected chi connectivity index (χ3v) is 5.50. The van der Waals surface area contributed by atoms with Crippen molar-refractivity contribution < 1.29 is 23.9 Å². The summed E-state index contributed by atoms with van der Waals surface area (Å²) in [4.78, 5) is 36.9. The van der Waals surface area contributed by atoms with Crippen molar-refractivity contribution in [3.05, 3.63) is 59.7 Å². The number of thioether (sulfide) groups is 1. The number of amides is 2. The minimum atomic E-state index is -0.600. The summed E-state index contributed by atoms with van der Waals surface area (Å²) in [5.41, 5.74) is 1.43. The molecule has 7 nitrogen and oxygen atoms in total. The molecule has 2 aromatic rings. The van der Waals surface area contributed by atoms with Crippen LogP contribution in [0.1, 0.15) is 28.8 Å². The molecule has 8 heteroatoms. The van der Waals surface area contributed by atoms with Gasteiger partial charge in [0, 0.05) is 10.9 Å². The highest BCUT2D eigenvalue weighted by Crippen LogP contribution is 2.24. The lowest BCUT2D eigenvalue weighted by Crippen LogP contribution is -2.32. The molecule has 0 saturated heterocycles. The van der Waals surface area contributed by atoms with Crippen LogP contribution < -0.4 is 15.4 Å². The fraction of sp³-hybridized carbons (Fsp3) is 0.348. The monoisotopic (exact) mass is 442 g/mol. The first-order chi connectivity index (χ1) is 15.0. The van der Waals surface area contributed by atoms with Crippen molar-refractivity contribution in [1.82, 2.24) is 10.6 Å². The molecule has 164 valence electrons. The average Bonchev–Trinajstić information content (AvgIpc) is 3.58. The molecule has 1 fully saturated rings. The van der Waals surface area contributed by atoms with Gasteiger partial charge in [0.1, 0.15) is 12.4 Å². The lowest BCUT2D eigenvalue weighted by molar-refractivity contribution is -0.124. The van der Waals surface area contributed by atoms with E-state index in [9.17, 15) is 14.4 Å². The first-order valence-corrected chi connectivity index (χ1v) is 11.1. The van der Waals surface area contributed by atoms with Gasteiger partial charge in [0.25, 0.3) is 5.91 Å². The second kappa shape index (κ2) is 11.4. The third kappa shape index (κ3) is 7.97. The van der Waals surface area contributed by atoms with Crippen LogP contribution in [0.2, 0.25) is 0 Å². The number of carbonyl (C=O) groups excluding carboxylic acids is 3. The van der Waals surface area contributed by atoms with E-state index in [1.54, 1.807) is 24.3 Å². The number of benzene rings is 2. The van der Waals surface area contributed by atoms with Crippen LogP contribution in [0.5, 0.6) is 5.75 Å². The predicted molar refractivity (Wildman–Crippen MR) is 118 cm³/mol. The summed E-state index contributed by atoms with van der Waals surface area (Å²) >= 11 is 1.27. The SMILES string of the molecule is Cc1cccc(OCCNC(=O)COC(=O)c2ccccc2SCC(=O)NC2CC2)c1. The molecule has 0 bridgehead atoms. The Morgan fingerprint density at radius 1 is 1.06 bits per heavy atom. The molecule has 31 heavy (non-hydrogen) atoms. The zero-order valence-electron chi connectivity index (χ0n) is 17.4. The Kier molecular flexibility index (Phi) is 8.35. The van der Waals surface area contributed by atoms with Gasteiger partial charge in [-0.3, -0.25) is 9.59 Å². The molecule has 2 N–H and O–H groups in total. The summed E-state index contributed by atoms with van der Waals surface area (Å²) in [5.74, 6) is -0.0992. The molecule has 0 heterocycles. The van der Waals surface area contributed by atoms with E-state index in [1.807, 2.05) is 31.2 Å². The fourth-order valence-electron chi connectivity index (χ4n) is 2.73. The van der Waals surface area contributed by atoms with Crippen LogP contribution >= 0.6 is 11.8 Å². The van der Waals surface area contributed by atoms with Crippen LogP contribution in [0.25, 0.3) is 0 Å². The van der Waals surface area contributed by atoms with Gasteiger partial charge in [-0.25, -0.2) is 4.79 Å². The topological polar surface area (TPSA) is 93.7 Å². The van der Waals surface area contributed by atoms with Crippen molar-refractivity contribution in [2.24, 2.45) is 0 Å². The lowest BCUT2D eigenvalue weighted by Gasteiger charge is -2.10. The number of aryl methyl sites for hydroxylation is 1. The Hall–Kier alpha value is -3.00. The Balaban J connectivity index is 1.38. The van der Waals surface area contributed by atoms with E-state index in [4.69, 9.17) is 9.47 Å². The van der Waals surface area contributed by atoms with Crippen LogP contribution in [-0.2, 0) is 14.3 Å². The summed E-state index contributed by atoms with van der Waals surface area (Å²) < 4.78 is 10.7. The summed E-state index contributed by atoms with van der Waals surface area (Å²) in [6.07, 6.45) is 2.05. The van der Waals surface area contributed by atoms with Gasteiger partial charge in [0.05, 0.1) is 17.9 Å². The minimum absolute atomic E-state index is 0.0528. The van der Waals surface area contributed by atoms with E-state index in [0.717, 1.165) is 24.2 Å². The first-order valence-electron chi connectivity index (χ1n) is 10.2. The standard InChI is InChI=1S/C23H26N2O5S/c1-16-5-4-6-18(13-16)29-12-11-24-21(26)14-30-23(28)19-7-2-3-8-20(19)31-15-22(27)25-17-9-10-17/h2-8,13,17H,9-12,14-15H2,1H3,(H,24,26)(H,25,27). The van der Waals surface area contributed by atoms with Crippen molar-refractivity contribution in [3.8, 4) is 5.75 Å². The molecule has 1 saturated carbocycles. The van der Waals surface area contributed by atoms with Crippen LogP contribution in [-0.4, -0.2) is 49.3 Å². The van der Waals surface area contributed by atoms with Gasteiger partial charge in [0.2, 0.25) is 5.91 Å². The highest BCUT2D eigenvalue weighted by atomic mass is 32.2. The number of rotatable bonds is 11. The molecule has 1 aliphatic carbocycles. The smallest absolute Gasteiger partial charge is 0.339 e. The molecule has 0 atom stereocenters.